The van der Waals surface area contributed by atoms with E-state index in [2.05, 4.69) is 16.8 Å². The molecule has 3 atom stereocenters. The monoisotopic (exact) mass is 495 g/mol. The lowest BCUT2D eigenvalue weighted by atomic mass is 9.75. The Bertz CT molecular complexity index is 904. The van der Waals surface area contributed by atoms with Crippen LogP contribution in [0.2, 0.25) is 0 Å². The van der Waals surface area contributed by atoms with Crippen molar-refractivity contribution in [2.75, 3.05) is 32.2 Å². The van der Waals surface area contributed by atoms with E-state index in [4.69, 9.17) is 9.47 Å². The molecule has 0 spiro atoms. The van der Waals surface area contributed by atoms with E-state index in [0.717, 1.165) is 35.5 Å². The van der Waals surface area contributed by atoms with Gasteiger partial charge in [0.2, 0.25) is 12.7 Å². The highest BCUT2D eigenvalue weighted by Crippen LogP contribution is 2.53. The molecule has 1 amide bonds. The lowest BCUT2D eigenvalue weighted by molar-refractivity contribution is -0.174. The van der Waals surface area contributed by atoms with Crippen LogP contribution in [0.15, 0.2) is 15.6 Å². The van der Waals surface area contributed by atoms with Crippen molar-refractivity contribution in [3.8, 4) is 0 Å². The highest BCUT2D eigenvalue weighted by molar-refractivity contribution is 8.14. The molecule has 0 bridgehead atoms. The number of likely N-dealkylation sites (tertiary alicyclic amines) is 1. The van der Waals surface area contributed by atoms with Crippen LogP contribution in [0.5, 0.6) is 0 Å². The van der Waals surface area contributed by atoms with Gasteiger partial charge in [-0.05, 0) is 26.7 Å². The van der Waals surface area contributed by atoms with E-state index in [9.17, 15) is 14.4 Å². The molecule has 0 aromatic heterocycles. The van der Waals surface area contributed by atoms with Gasteiger partial charge in [-0.1, -0.05) is 32.5 Å². The first kappa shape index (κ1) is 24.4. The van der Waals surface area contributed by atoms with E-state index in [-0.39, 0.29) is 29.7 Å². The van der Waals surface area contributed by atoms with Gasteiger partial charge in [0.15, 0.2) is 5.17 Å². The average Bonchev–Trinajstić information content (AvgIpc) is 3.29. The van der Waals surface area contributed by atoms with Crippen LogP contribution >= 0.6 is 23.5 Å². The van der Waals surface area contributed by atoms with Gasteiger partial charge in [-0.2, -0.15) is 0 Å². The van der Waals surface area contributed by atoms with Crippen molar-refractivity contribution in [3.63, 3.8) is 0 Å². The topological polar surface area (TPSA) is 88.5 Å². The van der Waals surface area contributed by atoms with Gasteiger partial charge in [-0.3, -0.25) is 14.6 Å². The van der Waals surface area contributed by atoms with E-state index in [0.29, 0.717) is 10.9 Å². The maximum atomic E-state index is 13.1. The summed E-state index contributed by atoms with van der Waals surface area (Å²) in [5.74, 6) is 0.135. The molecule has 182 valence electrons. The number of rotatable bonds is 6. The normalized spacial score (nSPS) is 27.4. The summed E-state index contributed by atoms with van der Waals surface area (Å²) in [4.78, 5) is 47.4. The fraction of sp³-hybridized carbons (Fsp3) is 0.739. The average molecular weight is 496 g/mol. The van der Waals surface area contributed by atoms with Crippen molar-refractivity contribution in [3.05, 3.63) is 10.6 Å². The molecule has 0 aliphatic carbocycles. The first-order chi connectivity index (χ1) is 15.5. The summed E-state index contributed by atoms with van der Waals surface area (Å²) in [5, 5.41) is 1.44. The zero-order valence-electron chi connectivity index (χ0n) is 20.1. The first-order valence-corrected chi connectivity index (χ1v) is 13.4. The summed E-state index contributed by atoms with van der Waals surface area (Å²) in [6, 6.07) is -0.0226. The summed E-state index contributed by atoms with van der Waals surface area (Å²) in [6.45, 7) is 13.6. The molecule has 0 aromatic carbocycles. The van der Waals surface area contributed by atoms with Gasteiger partial charge < -0.3 is 19.3 Å². The maximum absolute atomic E-state index is 13.1. The van der Waals surface area contributed by atoms with Crippen LogP contribution in [0.25, 0.3) is 0 Å². The summed E-state index contributed by atoms with van der Waals surface area (Å²) < 4.78 is 10.4. The minimum Gasteiger partial charge on any atom is -0.427 e. The Hall–Kier alpha value is -1.68. The fourth-order valence-electron chi connectivity index (χ4n) is 4.64. The van der Waals surface area contributed by atoms with Gasteiger partial charge in [0.25, 0.3) is 0 Å². The standard InChI is InChI=1S/C23H33N3O5S2/c1-12(2)15-16-13(3)18(33-14-9-25(10-14)22-24-7-8-32-22)17(26(16)19(15)27)20(28)30-11-31-21(29)23(4,5)6/h12-16H,7-11H2,1-6H3/t13-,15-,16-/m1/s1. The second-order valence-corrected chi connectivity index (χ2v) is 12.8. The number of nitrogens with zero attached hydrogens (tertiary/aromatic N) is 3. The van der Waals surface area contributed by atoms with Crippen LogP contribution in [-0.2, 0) is 23.9 Å². The molecule has 10 heteroatoms. The van der Waals surface area contributed by atoms with Crippen molar-refractivity contribution in [1.82, 2.24) is 9.80 Å². The number of ether oxygens (including phenoxy) is 2. The number of carbonyl (C=O) groups is 3. The molecule has 33 heavy (non-hydrogen) atoms. The molecular formula is C23H33N3O5S2. The third-order valence-corrected chi connectivity index (χ3v) is 8.96. The Balaban J connectivity index is 1.47. The van der Waals surface area contributed by atoms with Crippen molar-refractivity contribution in [2.24, 2.45) is 28.2 Å². The van der Waals surface area contributed by atoms with Crippen LogP contribution in [0.1, 0.15) is 41.5 Å². The third-order valence-electron chi connectivity index (χ3n) is 6.47. The van der Waals surface area contributed by atoms with Gasteiger partial charge in [-0.25, -0.2) is 4.79 Å². The van der Waals surface area contributed by atoms with Crippen molar-refractivity contribution in [1.29, 1.82) is 0 Å². The zero-order chi connectivity index (χ0) is 24.1. The van der Waals surface area contributed by atoms with E-state index >= 15 is 0 Å². The van der Waals surface area contributed by atoms with Crippen molar-refractivity contribution < 1.29 is 23.9 Å². The molecule has 4 aliphatic rings. The quantitative estimate of drug-likeness (QED) is 0.316. The lowest BCUT2D eigenvalue weighted by Gasteiger charge is -2.47. The van der Waals surface area contributed by atoms with Gasteiger partial charge in [0.05, 0.1) is 23.9 Å². The summed E-state index contributed by atoms with van der Waals surface area (Å²) >= 11 is 3.47. The van der Waals surface area contributed by atoms with Gasteiger partial charge >= 0.3 is 11.9 Å². The summed E-state index contributed by atoms with van der Waals surface area (Å²) in [6.07, 6.45) is 0. The second-order valence-electron chi connectivity index (χ2n) is 10.4. The predicted molar refractivity (Wildman–Crippen MR) is 129 cm³/mol. The molecule has 0 saturated carbocycles. The van der Waals surface area contributed by atoms with Crippen molar-refractivity contribution in [2.45, 2.75) is 52.8 Å². The number of esters is 2. The number of aliphatic imine (C=N–C) groups is 1. The van der Waals surface area contributed by atoms with E-state index in [1.165, 1.54) is 0 Å². The first-order valence-electron chi connectivity index (χ1n) is 11.5. The molecule has 8 nitrogen and oxygen atoms in total. The number of hydrogen-bond donors (Lipinski definition) is 0. The number of thioether (sulfide) groups is 2. The van der Waals surface area contributed by atoms with E-state index in [1.807, 2.05) is 13.8 Å². The molecule has 0 aromatic rings. The lowest BCUT2D eigenvalue weighted by Crippen LogP contribution is -2.62. The Morgan fingerprint density at radius 3 is 2.52 bits per heavy atom. The SMILES string of the molecule is CC(C)[C@H]1C(=O)N2C(C(=O)OCOC(=O)C(C)(C)C)=C(SC3CN(C4=NCCS4)C3)[C@H](C)[C@H]12. The Labute approximate surface area is 203 Å². The number of fused-ring (bicyclic) bond motifs is 1. The molecule has 2 fully saturated rings. The van der Waals surface area contributed by atoms with Gasteiger partial charge in [-0.15, -0.1) is 11.8 Å². The minimum absolute atomic E-state index is 0.0226. The van der Waals surface area contributed by atoms with Crippen LogP contribution in [-0.4, -0.2) is 76.3 Å². The molecule has 4 heterocycles. The molecule has 2 saturated heterocycles. The Kier molecular flexibility index (Phi) is 6.79. The molecular weight excluding hydrogens is 462 g/mol. The number of β-lactam (4-membered cyclic amide) rings is 1. The largest absolute Gasteiger partial charge is 0.427 e. The highest BCUT2D eigenvalue weighted by atomic mass is 32.2. The second kappa shape index (κ2) is 9.17. The van der Waals surface area contributed by atoms with Crippen LogP contribution in [0.4, 0.5) is 0 Å². The van der Waals surface area contributed by atoms with Crippen LogP contribution in [0, 0.1) is 23.2 Å². The summed E-state index contributed by atoms with van der Waals surface area (Å²) in [7, 11) is 0. The Morgan fingerprint density at radius 2 is 1.94 bits per heavy atom. The zero-order valence-corrected chi connectivity index (χ0v) is 21.8. The number of carbonyl (C=O) groups excluding carboxylic acids is 3. The van der Waals surface area contributed by atoms with Crippen LogP contribution in [0.3, 0.4) is 0 Å². The van der Waals surface area contributed by atoms with Gasteiger partial charge in [0.1, 0.15) is 5.70 Å². The molecule has 0 N–H and O–H groups in total. The van der Waals surface area contributed by atoms with Crippen molar-refractivity contribution >= 4 is 46.5 Å². The number of hydrogen-bond acceptors (Lipinski definition) is 9. The predicted octanol–water partition coefficient (Wildman–Crippen LogP) is 2.94. The third kappa shape index (κ3) is 4.52. The number of amidine groups is 1. The smallest absolute Gasteiger partial charge is 0.358 e. The molecule has 0 radical (unpaired) electrons. The maximum Gasteiger partial charge on any atom is 0.358 e. The van der Waals surface area contributed by atoms with E-state index in [1.54, 1.807) is 49.2 Å². The van der Waals surface area contributed by atoms with Crippen LogP contribution < -0.4 is 0 Å². The Morgan fingerprint density at radius 1 is 1.24 bits per heavy atom. The summed E-state index contributed by atoms with van der Waals surface area (Å²) in [5.41, 5.74) is -0.354. The van der Waals surface area contributed by atoms with E-state index < -0.39 is 24.1 Å². The fourth-order valence-corrected chi connectivity index (χ4v) is 7.04. The number of amides is 1. The minimum atomic E-state index is -0.685. The molecule has 0 unspecified atom stereocenters. The highest BCUT2D eigenvalue weighted by Gasteiger charge is 2.60. The van der Waals surface area contributed by atoms with Gasteiger partial charge in [0, 0.05) is 34.9 Å². The molecule has 4 aliphatic heterocycles. The molecule has 4 rings (SSSR count).